The Kier molecular flexibility index (Phi) is 5.68. The van der Waals surface area contributed by atoms with Crippen molar-refractivity contribution in [3.05, 3.63) is 72.2 Å². The van der Waals surface area contributed by atoms with Crippen LogP contribution in [0.4, 0.5) is 10.2 Å². The fourth-order valence-corrected chi connectivity index (χ4v) is 4.28. The number of hydrogen-bond acceptors (Lipinski definition) is 7. The number of aryl methyl sites for hydroxylation is 1. The number of carbonyl (C=O) groups is 1. The Hall–Kier alpha value is -4.06. The molecule has 3 aromatic heterocycles. The van der Waals surface area contributed by atoms with Crippen molar-refractivity contribution in [1.29, 1.82) is 0 Å². The highest BCUT2D eigenvalue weighted by Gasteiger charge is 2.29. The average Bonchev–Trinajstić information content (AvgIpc) is 3.25. The number of fused-ring (bicyclic) bond motifs is 1. The van der Waals surface area contributed by atoms with Crippen molar-refractivity contribution < 1.29 is 22.7 Å². The summed E-state index contributed by atoms with van der Waals surface area (Å²) < 4.78 is 41.6. The van der Waals surface area contributed by atoms with Gasteiger partial charge in [-0.05, 0) is 29.8 Å². The Balaban J connectivity index is 1.75. The average molecular weight is 470 g/mol. The molecule has 0 aliphatic carbocycles. The van der Waals surface area contributed by atoms with E-state index in [0.717, 1.165) is 4.31 Å². The van der Waals surface area contributed by atoms with Gasteiger partial charge in [-0.3, -0.25) is 14.1 Å². The van der Waals surface area contributed by atoms with Gasteiger partial charge in [-0.1, -0.05) is 12.1 Å². The van der Waals surface area contributed by atoms with Crippen LogP contribution in [-0.4, -0.2) is 46.0 Å². The molecule has 4 aromatic rings. The van der Waals surface area contributed by atoms with Crippen LogP contribution in [0.25, 0.3) is 10.9 Å². The van der Waals surface area contributed by atoms with Crippen LogP contribution >= 0.6 is 0 Å². The minimum Gasteiger partial charge on any atom is -0.504 e. The second kappa shape index (κ2) is 8.47. The number of nitrogens with one attached hydrogen (secondary N) is 1. The van der Waals surface area contributed by atoms with Crippen LogP contribution in [0.3, 0.4) is 0 Å². The predicted molar refractivity (Wildman–Crippen MR) is 118 cm³/mol. The molecule has 0 fully saturated rings. The summed E-state index contributed by atoms with van der Waals surface area (Å²) in [6, 6.07) is 8.61. The number of aromatic hydroxyl groups is 1. The van der Waals surface area contributed by atoms with Crippen molar-refractivity contribution in [2.45, 2.75) is 11.6 Å². The maximum Gasteiger partial charge on any atom is 0.284 e. The summed E-state index contributed by atoms with van der Waals surface area (Å²) in [5.74, 6) is -1.76. The lowest BCUT2D eigenvalue weighted by atomic mass is 10.2. The third-order valence-corrected chi connectivity index (χ3v) is 6.53. The smallest absolute Gasteiger partial charge is 0.284 e. The Morgan fingerprint density at radius 1 is 1.21 bits per heavy atom. The molecule has 4 rings (SSSR count). The molecule has 2 N–H and O–H groups in total. The zero-order valence-electron chi connectivity index (χ0n) is 17.6. The van der Waals surface area contributed by atoms with Gasteiger partial charge in [0.2, 0.25) is 0 Å². The maximum absolute atomic E-state index is 13.1. The van der Waals surface area contributed by atoms with Gasteiger partial charge in [0.15, 0.2) is 22.3 Å². The molecule has 0 aliphatic heterocycles. The summed E-state index contributed by atoms with van der Waals surface area (Å²) >= 11 is 0. The second-order valence-corrected chi connectivity index (χ2v) is 9.11. The molecule has 33 heavy (non-hydrogen) atoms. The number of benzene rings is 1. The molecule has 12 heteroatoms. The largest absolute Gasteiger partial charge is 0.504 e. The normalized spacial score (nSPS) is 11.5. The molecule has 0 spiro atoms. The predicted octanol–water partition coefficient (Wildman–Crippen LogP) is 1.96. The summed E-state index contributed by atoms with van der Waals surface area (Å²) in [5.41, 5.74) is 0.233. The molecule has 0 unspecified atom stereocenters. The Bertz CT molecular complexity index is 1450. The third kappa shape index (κ3) is 4.20. The molecular formula is C21H19FN6O4S. The lowest BCUT2D eigenvalue weighted by molar-refractivity contribution is 0.0943. The van der Waals surface area contributed by atoms with Crippen LogP contribution in [0.1, 0.15) is 16.1 Å². The van der Waals surface area contributed by atoms with E-state index in [1.54, 1.807) is 13.1 Å². The quantitative estimate of drug-likeness (QED) is 0.441. The van der Waals surface area contributed by atoms with E-state index < -0.39 is 33.2 Å². The number of amides is 1. The number of anilines is 1. The Labute approximate surface area is 188 Å². The van der Waals surface area contributed by atoms with E-state index in [1.165, 1.54) is 60.7 Å². The number of rotatable bonds is 6. The first kappa shape index (κ1) is 22.1. The first-order chi connectivity index (χ1) is 15.7. The topological polar surface area (TPSA) is 130 Å². The molecule has 10 nitrogen and oxygen atoms in total. The standard InChI is InChI=1S/C21H19FN6O4S/c1-27-11-16(25-12-27)33(31,32)28(2)20-15-4-3-9-23-17(15)19(29)18(26-20)21(30)24-10-13-5-7-14(22)8-6-13/h3-9,11-12,29H,10H2,1-2H3,(H,24,30). The van der Waals surface area contributed by atoms with Crippen LogP contribution in [0.5, 0.6) is 5.75 Å². The van der Waals surface area contributed by atoms with Gasteiger partial charge in [-0.15, -0.1) is 0 Å². The van der Waals surface area contributed by atoms with Crippen molar-refractivity contribution in [3.63, 3.8) is 0 Å². The number of imidazole rings is 1. The Morgan fingerprint density at radius 3 is 2.61 bits per heavy atom. The van der Waals surface area contributed by atoms with E-state index >= 15 is 0 Å². The summed E-state index contributed by atoms with van der Waals surface area (Å²) in [4.78, 5) is 25.0. The summed E-state index contributed by atoms with van der Waals surface area (Å²) in [5, 5.41) is 13.3. The summed E-state index contributed by atoms with van der Waals surface area (Å²) in [7, 11) is -1.21. The molecule has 170 valence electrons. The second-order valence-electron chi connectivity index (χ2n) is 7.19. The molecule has 0 atom stereocenters. The maximum atomic E-state index is 13.1. The third-order valence-electron chi connectivity index (χ3n) is 4.90. The van der Waals surface area contributed by atoms with Crippen LogP contribution in [0, 0.1) is 5.82 Å². The number of sulfonamides is 1. The Morgan fingerprint density at radius 2 is 1.94 bits per heavy atom. The highest BCUT2D eigenvalue weighted by molar-refractivity contribution is 7.92. The number of aromatic nitrogens is 4. The lowest BCUT2D eigenvalue weighted by Gasteiger charge is -2.20. The van der Waals surface area contributed by atoms with E-state index in [-0.39, 0.29) is 28.3 Å². The van der Waals surface area contributed by atoms with Crippen molar-refractivity contribution in [1.82, 2.24) is 24.8 Å². The van der Waals surface area contributed by atoms with E-state index in [1.807, 2.05) is 0 Å². The molecule has 1 aromatic carbocycles. The number of pyridine rings is 2. The molecule has 0 aliphatic rings. The van der Waals surface area contributed by atoms with Gasteiger partial charge in [0.25, 0.3) is 15.9 Å². The van der Waals surface area contributed by atoms with Gasteiger partial charge >= 0.3 is 0 Å². The fraction of sp³-hybridized carbons (Fsp3) is 0.143. The van der Waals surface area contributed by atoms with Gasteiger partial charge in [0.05, 0.1) is 6.33 Å². The van der Waals surface area contributed by atoms with Gasteiger partial charge in [0, 0.05) is 38.4 Å². The number of hydrogen-bond donors (Lipinski definition) is 2. The molecule has 0 radical (unpaired) electrons. The van der Waals surface area contributed by atoms with Crippen LogP contribution in [0.15, 0.2) is 60.1 Å². The van der Waals surface area contributed by atoms with Gasteiger partial charge in [0.1, 0.15) is 11.3 Å². The molecule has 0 bridgehead atoms. The first-order valence-electron chi connectivity index (χ1n) is 9.65. The molecular weight excluding hydrogens is 451 g/mol. The molecule has 1 amide bonds. The van der Waals surface area contributed by atoms with E-state index in [4.69, 9.17) is 0 Å². The zero-order chi connectivity index (χ0) is 23.8. The number of carbonyl (C=O) groups excluding carboxylic acids is 1. The van der Waals surface area contributed by atoms with Crippen molar-refractivity contribution in [2.75, 3.05) is 11.4 Å². The number of nitrogens with zero attached hydrogens (tertiary/aromatic N) is 5. The molecule has 0 saturated heterocycles. The summed E-state index contributed by atoms with van der Waals surface area (Å²) in [6.45, 7) is 0.0396. The first-order valence-corrected chi connectivity index (χ1v) is 11.1. The van der Waals surface area contributed by atoms with Crippen molar-refractivity contribution in [2.24, 2.45) is 7.05 Å². The summed E-state index contributed by atoms with van der Waals surface area (Å²) in [6.07, 6.45) is 4.08. The van der Waals surface area contributed by atoms with Crippen LogP contribution < -0.4 is 9.62 Å². The van der Waals surface area contributed by atoms with Crippen molar-refractivity contribution >= 4 is 32.7 Å². The SMILES string of the molecule is CN(c1nc(C(=O)NCc2ccc(F)cc2)c(O)c2ncccc12)S(=O)(=O)c1cn(C)cn1. The van der Waals surface area contributed by atoms with Gasteiger partial charge in [-0.2, -0.15) is 8.42 Å². The monoisotopic (exact) mass is 470 g/mol. The van der Waals surface area contributed by atoms with E-state index in [0.29, 0.717) is 5.56 Å². The molecule has 3 heterocycles. The highest BCUT2D eigenvalue weighted by atomic mass is 32.2. The minimum absolute atomic E-state index is 0.0116. The van der Waals surface area contributed by atoms with Gasteiger partial charge in [-0.25, -0.2) is 14.4 Å². The zero-order valence-corrected chi connectivity index (χ0v) is 18.4. The highest BCUT2D eigenvalue weighted by Crippen LogP contribution is 2.33. The molecule has 0 saturated carbocycles. The van der Waals surface area contributed by atoms with Crippen molar-refractivity contribution in [3.8, 4) is 5.75 Å². The lowest BCUT2D eigenvalue weighted by Crippen LogP contribution is -2.30. The van der Waals surface area contributed by atoms with Gasteiger partial charge < -0.3 is 15.0 Å². The van der Waals surface area contributed by atoms with Crippen LogP contribution in [-0.2, 0) is 23.6 Å². The number of halogens is 1. The minimum atomic E-state index is -4.12. The van der Waals surface area contributed by atoms with E-state index in [2.05, 4.69) is 20.3 Å². The van der Waals surface area contributed by atoms with E-state index in [9.17, 15) is 22.7 Å². The fourth-order valence-electron chi connectivity index (χ4n) is 3.15. The van der Waals surface area contributed by atoms with Crippen LogP contribution in [0.2, 0.25) is 0 Å².